The molecule has 0 aliphatic carbocycles. The van der Waals surface area contributed by atoms with Crippen molar-refractivity contribution in [2.45, 2.75) is 26.5 Å². The predicted octanol–water partition coefficient (Wildman–Crippen LogP) is 0.505. The average Bonchev–Trinajstić information content (AvgIpc) is 1.63. The third kappa shape index (κ3) is 3.97. The fourth-order valence-corrected chi connectivity index (χ4v) is 0.475. The van der Waals surface area contributed by atoms with Crippen molar-refractivity contribution < 1.29 is 9.53 Å². The van der Waals surface area contributed by atoms with Crippen LogP contribution in [-0.4, -0.2) is 18.7 Å². The van der Waals surface area contributed by atoms with Crippen LogP contribution < -0.4 is 5.32 Å². The van der Waals surface area contributed by atoms with Gasteiger partial charge in [-0.05, 0) is 13.8 Å². The monoisotopic (exact) mass is 131 g/mol. The molecule has 3 nitrogen and oxygen atoms in total. The van der Waals surface area contributed by atoms with Gasteiger partial charge in [0.05, 0.1) is 0 Å². The van der Waals surface area contributed by atoms with Crippen molar-refractivity contribution in [2.24, 2.45) is 0 Å². The molecule has 0 aliphatic heterocycles. The van der Waals surface area contributed by atoms with Gasteiger partial charge in [-0.15, -0.1) is 0 Å². The van der Waals surface area contributed by atoms with Gasteiger partial charge >= 0.3 is 0 Å². The van der Waals surface area contributed by atoms with Gasteiger partial charge in [0.25, 0.3) is 0 Å². The normalized spacial score (nSPS) is 11.1. The van der Waals surface area contributed by atoms with E-state index >= 15 is 0 Å². The minimum absolute atomic E-state index is 0.0816. The highest BCUT2D eigenvalue weighted by Gasteiger charge is 2.15. The number of nitrogens with one attached hydrogen (secondary N) is 1. The Morgan fingerprint density at radius 1 is 1.56 bits per heavy atom. The first-order valence-electron chi connectivity index (χ1n) is 2.82. The molecule has 0 bridgehead atoms. The molecule has 9 heavy (non-hydrogen) atoms. The number of hydrogen-bond donors (Lipinski definition) is 1. The average molecular weight is 131 g/mol. The third-order valence-electron chi connectivity index (χ3n) is 0.987. The van der Waals surface area contributed by atoms with Gasteiger partial charge in [-0.1, -0.05) is 0 Å². The van der Waals surface area contributed by atoms with Crippen molar-refractivity contribution >= 4 is 5.91 Å². The number of methoxy groups -OCH3 is 1. The molecule has 1 amide bonds. The molecule has 1 N–H and O–H groups in total. The second-order valence-corrected chi connectivity index (χ2v) is 2.40. The second-order valence-electron chi connectivity index (χ2n) is 2.40. The van der Waals surface area contributed by atoms with Gasteiger partial charge in [0, 0.05) is 14.0 Å². The van der Waals surface area contributed by atoms with Crippen LogP contribution in [0, 0.1) is 0 Å². The summed E-state index contributed by atoms with van der Waals surface area (Å²) in [6.45, 7) is 5.03. The zero-order chi connectivity index (χ0) is 7.49. The SMILES string of the molecule is COC(C)(C)NC(C)=O. The maximum absolute atomic E-state index is 10.4. The van der Waals surface area contributed by atoms with Gasteiger partial charge in [0.2, 0.25) is 5.91 Å². The summed E-state index contributed by atoms with van der Waals surface area (Å²) in [5, 5.41) is 2.61. The third-order valence-corrected chi connectivity index (χ3v) is 0.987. The van der Waals surface area contributed by atoms with Gasteiger partial charge in [-0.2, -0.15) is 0 Å². The lowest BCUT2D eigenvalue weighted by molar-refractivity contribution is -0.126. The number of rotatable bonds is 2. The Labute approximate surface area is 55.4 Å². The van der Waals surface area contributed by atoms with Gasteiger partial charge < -0.3 is 10.1 Å². The molecule has 54 valence electrons. The first-order valence-corrected chi connectivity index (χ1v) is 2.82. The van der Waals surface area contributed by atoms with Crippen molar-refractivity contribution in [3.05, 3.63) is 0 Å². The molecular weight excluding hydrogens is 118 g/mol. The largest absolute Gasteiger partial charge is 0.360 e. The second kappa shape index (κ2) is 2.82. The van der Waals surface area contributed by atoms with Gasteiger partial charge in [0.1, 0.15) is 5.72 Å². The molecule has 0 saturated heterocycles. The Hall–Kier alpha value is -0.570. The topological polar surface area (TPSA) is 38.3 Å². The van der Waals surface area contributed by atoms with E-state index in [0.29, 0.717) is 0 Å². The van der Waals surface area contributed by atoms with E-state index in [4.69, 9.17) is 4.74 Å². The van der Waals surface area contributed by atoms with E-state index in [9.17, 15) is 4.79 Å². The van der Waals surface area contributed by atoms with Gasteiger partial charge in [-0.25, -0.2) is 0 Å². The summed E-state index contributed by atoms with van der Waals surface area (Å²) in [5.74, 6) is -0.0816. The lowest BCUT2D eigenvalue weighted by Crippen LogP contribution is -2.43. The number of carbonyl (C=O) groups excluding carboxylic acids is 1. The maximum atomic E-state index is 10.4. The van der Waals surface area contributed by atoms with E-state index in [-0.39, 0.29) is 5.91 Å². The van der Waals surface area contributed by atoms with E-state index in [0.717, 1.165) is 0 Å². The summed E-state index contributed by atoms with van der Waals surface area (Å²) < 4.78 is 4.92. The summed E-state index contributed by atoms with van der Waals surface area (Å²) in [4.78, 5) is 10.4. The summed E-state index contributed by atoms with van der Waals surface area (Å²) in [6.07, 6.45) is 0. The highest BCUT2D eigenvalue weighted by Crippen LogP contribution is 2.00. The highest BCUT2D eigenvalue weighted by atomic mass is 16.5. The van der Waals surface area contributed by atoms with E-state index in [1.165, 1.54) is 6.92 Å². The maximum Gasteiger partial charge on any atom is 0.219 e. The fraction of sp³-hybridized carbons (Fsp3) is 0.833. The molecule has 0 radical (unpaired) electrons. The lowest BCUT2D eigenvalue weighted by atomic mass is 10.3. The van der Waals surface area contributed by atoms with Crippen LogP contribution >= 0.6 is 0 Å². The van der Waals surface area contributed by atoms with Crippen LogP contribution in [0.3, 0.4) is 0 Å². The smallest absolute Gasteiger partial charge is 0.219 e. The zero-order valence-electron chi connectivity index (χ0n) is 6.32. The molecule has 0 aromatic heterocycles. The standard InChI is InChI=1S/C6H13NO2/c1-5(8)7-6(2,3)9-4/h1-4H3,(H,7,8). The molecule has 3 heteroatoms. The van der Waals surface area contributed by atoms with E-state index in [2.05, 4.69) is 5.32 Å². The summed E-state index contributed by atoms with van der Waals surface area (Å²) in [5.41, 5.74) is -0.536. The number of ether oxygens (including phenoxy) is 1. The van der Waals surface area contributed by atoms with Crippen molar-refractivity contribution in [1.82, 2.24) is 5.32 Å². The van der Waals surface area contributed by atoms with Crippen molar-refractivity contribution in [3.8, 4) is 0 Å². The van der Waals surface area contributed by atoms with Crippen LogP contribution in [0.15, 0.2) is 0 Å². The predicted molar refractivity (Wildman–Crippen MR) is 34.9 cm³/mol. The fourth-order valence-electron chi connectivity index (χ4n) is 0.475. The Kier molecular flexibility index (Phi) is 2.65. The molecule has 0 atom stereocenters. The van der Waals surface area contributed by atoms with Crippen molar-refractivity contribution in [3.63, 3.8) is 0 Å². The summed E-state index contributed by atoms with van der Waals surface area (Å²) in [7, 11) is 1.55. The first-order chi connectivity index (χ1) is 3.98. The zero-order valence-corrected chi connectivity index (χ0v) is 6.32. The molecular formula is C6H13NO2. The Morgan fingerprint density at radius 3 is 2.11 bits per heavy atom. The van der Waals surface area contributed by atoms with Crippen LogP contribution in [0.5, 0.6) is 0 Å². The Bertz CT molecular complexity index is 110. The Morgan fingerprint density at radius 2 is 2.00 bits per heavy atom. The molecule has 0 aromatic rings. The van der Waals surface area contributed by atoms with E-state index in [1.807, 2.05) is 0 Å². The molecule has 0 heterocycles. The molecule has 0 unspecified atom stereocenters. The summed E-state index contributed by atoms with van der Waals surface area (Å²) in [6, 6.07) is 0. The quantitative estimate of drug-likeness (QED) is 0.554. The molecule has 0 aromatic carbocycles. The lowest BCUT2D eigenvalue weighted by Gasteiger charge is -2.23. The van der Waals surface area contributed by atoms with Gasteiger partial charge in [-0.3, -0.25) is 4.79 Å². The number of amides is 1. The number of carbonyl (C=O) groups is 1. The molecule has 0 fully saturated rings. The minimum atomic E-state index is -0.536. The van der Waals surface area contributed by atoms with E-state index in [1.54, 1.807) is 21.0 Å². The Balaban J connectivity index is 3.71. The molecule has 0 aliphatic rings. The van der Waals surface area contributed by atoms with E-state index < -0.39 is 5.72 Å². The van der Waals surface area contributed by atoms with Crippen LogP contribution in [-0.2, 0) is 9.53 Å². The number of hydrogen-bond acceptors (Lipinski definition) is 2. The highest BCUT2D eigenvalue weighted by molar-refractivity contribution is 5.73. The van der Waals surface area contributed by atoms with Crippen LogP contribution in [0.2, 0.25) is 0 Å². The van der Waals surface area contributed by atoms with Crippen LogP contribution in [0.1, 0.15) is 20.8 Å². The van der Waals surface area contributed by atoms with Crippen molar-refractivity contribution in [2.75, 3.05) is 7.11 Å². The first kappa shape index (κ1) is 8.43. The van der Waals surface area contributed by atoms with Crippen LogP contribution in [0.4, 0.5) is 0 Å². The van der Waals surface area contributed by atoms with Crippen molar-refractivity contribution in [1.29, 1.82) is 0 Å². The summed E-state index contributed by atoms with van der Waals surface area (Å²) >= 11 is 0. The molecule has 0 spiro atoms. The molecule has 0 rings (SSSR count). The minimum Gasteiger partial charge on any atom is -0.360 e. The van der Waals surface area contributed by atoms with Crippen LogP contribution in [0.25, 0.3) is 0 Å². The molecule has 0 saturated carbocycles. The van der Waals surface area contributed by atoms with Gasteiger partial charge in [0.15, 0.2) is 0 Å².